The van der Waals surface area contributed by atoms with E-state index in [1.165, 1.54) is 5.56 Å². The normalized spacial score (nSPS) is 11.0. The van der Waals surface area contributed by atoms with Gasteiger partial charge in [0, 0.05) is 19.6 Å². The monoisotopic (exact) mass is 372 g/mol. The molecule has 0 unspecified atom stereocenters. The lowest BCUT2D eigenvalue weighted by Gasteiger charge is -2.18. The van der Waals surface area contributed by atoms with Gasteiger partial charge in [0.15, 0.2) is 11.5 Å². The highest BCUT2D eigenvalue weighted by Crippen LogP contribution is 2.36. The first-order valence-corrected chi connectivity index (χ1v) is 8.87. The molecule has 0 saturated carbocycles. The van der Waals surface area contributed by atoms with Crippen molar-refractivity contribution in [2.24, 2.45) is 0 Å². The summed E-state index contributed by atoms with van der Waals surface area (Å²) in [6, 6.07) is 4.14. The summed E-state index contributed by atoms with van der Waals surface area (Å²) < 4.78 is 12.1. The number of benzene rings is 1. The molecule has 0 bridgehead atoms. The second kappa shape index (κ2) is 10.9. The Balaban J connectivity index is 2.59. The first kappa shape index (κ1) is 19.3. The summed E-state index contributed by atoms with van der Waals surface area (Å²) in [5.41, 5.74) is 1.19. The molecular formula is C17H29BrN2O2. The second-order valence-electron chi connectivity index (χ2n) is 5.16. The van der Waals surface area contributed by atoms with Gasteiger partial charge in [0.05, 0.1) is 18.2 Å². The highest BCUT2D eigenvalue weighted by atomic mass is 79.9. The van der Waals surface area contributed by atoms with E-state index in [1.54, 1.807) is 7.11 Å². The largest absolute Gasteiger partial charge is 0.493 e. The number of hydrogen-bond donors (Lipinski definition) is 1. The van der Waals surface area contributed by atoms with Crippen LogP contribution in [0.5, 0.6) is 11.5 Å². The lowest BCUT2D eigenvalue weighted by molar-refractivity contribution is 0.292. The fraction of sp³-hybridized carbons (Fsp3) is 0.647. The molecular weight excluding hydrogens is 344 g/mol. The van der Waals surface area contributed by atoms with Crippen LogP contribution in [0.25, 0.3) is 0 Å². The maximum absolute atomic E-state index is 5.75. The molecule has 0 aromatic heterocycles. The van der Waals surface area contributed by atoms with Crippen LogP contribution in [0.4, 0.5) is 0 Å². The molecule has 0 saturated heterocycles. The summed E-state index contributed by atoms with van der Waals surface area (Å²) in [5.74, 6) is 1.57. The topological polar surface area (TPSA) is 33.7 Å². The van der Waals surface area contributed by atoms with Crippen LogP contribution in [0, 0.1) is 0 Å². The van der Waals surface area contributed by atoms with E-state index in [-0.39, 0.29) is 0 Å². The minimum Gasteiger partial charge on any atom is -0.493 e. The average Bonchev–Trinajstić information content (AvgIpc) is 2.53. The van der Waals surface area contributed by atoms with Gasteiger partial charge in [-0.05, 0) is 53.1 Å². The van der Waals surface area contributed by atoms with Crippen molar-refractivity contribution in [1.82, 2.24) is 10.2 Å². The van der Waals surface area contributed by atoms with E-state index in [9.17, 15) is 0 Å². The van der Waals surface area contributed by atoms with E-state index < -0.39 is 0 Å². The molecule has 0 atom stereocenters. The van der Waals surface area contributed by atoms with Crippen LogP contribution in [0.3, 0.4) is 0 Å². The Labute approximate surface area is 143 Å². The second-order valence-corrected chi connectivity index (χ2v) is 6.02. The smallest absolute Gasteiger partial charge is 0.175 e. The van der Waals surface area contributed by atoms with Crippen molar-refractivity contribution in [3.05, 3.63) is 22.2 Å². The lowest BCUT2D eigenvalue weighted by Crippen LogP contribution is -2.31. The van der Waals surface area contributed by atoms with Crippen LogP contribution in [0.1, 0.15) is 32.8 Å². The molecule has 1 rings (SSSR count). The van der Waals surface area contributed by atoms with Crippen LogP contribution < -0.4 is 14.8 Å². The zero-order valence-corrected chi connectivity index (χ0v) is 15.8. The molecule has 0 aliphatic heterocycles. The summed E-state index contributed by atoms with van der Waals surface area (Å²) >= 11 is 3.58. The molecule has 0 fully saturated rings. The zero-order chi connectivity index (χ0) is 16.4. The summed E-state index contributed by atoms with van der Waals surface area (Å²) in [5, 5.41) is 3.48. The molecule has 0 amide bonds. The first-order valence-electron chi connectivity index (χ1n) is 8.08. The van der Waals surface area contributed by atoms with E-state index in [0.717, 1.165) is 55.1 Å². The predicted octanol–water partition coefficient (Wildman–Crippen LogP) is 3.68. The lowest BCUT2D eigenvalue weighted by atomic mass is 10.2. The molecule has 0 aliphatic rings. The van der Waals surface area contributed by atoms with E-state index in [1.807, 2.05) is 6.07 Å². The third kappa shape index (κ3) is 6.15. The Hall–Kier alpha value is -0.780. The summed E-state index contributed by atoms with van der Waals surface area (Å²) in [6.45, 7) is 12.2. The number of methoxy groups -OCH3 is 1. The van der Waals surface area contributed by atoms with Gasteiger partial charge in [-0.25, -0.2) is 0 Å². The number of nitrogens with one attached hydrogen (secondary N) is 1. The zero-order valence-electron chi connectivity index (χ0n) is 14.2. The van der Waals surface area contributed by atoms with Gasteiger partial charge in [-0.2, -0.15) is 0 Å². The van der Waals surface area contributed by atoms with E-state index in [0.29, 0.717) is 6.61 Å². The minimum atomic E-state index is 0.691. The maximum Gasteiger partial charge on any atom is 0.175 e. The van der Waals surface area contributed by atoms with E-state index in [4.69, 9.17) is 9.47 Å². The third-order valence-electron chi connectivity index (χ3n) is 3.57. The molecule has 0 radical (unpaired) electrons. The van der Waals surface area contributed by atoms with Crippen LogP contribution >= 0.6 is 15.9 Å². The first-order chi connectivity index (χ1) is 10.7. The molecule has 1 N–H and O–H groups in total. The summed E-state index contributed by atoms with van der Waals surface area (Å²) in [7, 11) is 1.68. The van der Waals surface area contributed by atoms with Crippen LogP contribution in [0.15, 0.2) is 16.6 Å². The molecule has 0 spiro atoms. The Morgan fingerprint density at radius 3 is 2.50 bits per heavy atom. The Bertz CT molecular complexity index is 437. The molecule has 0 heterocycles. The predicted molar refractivity (Wildman–Crippen MR) is 96.0 cm³/mol. The van der Waals surface area contributed by atoms with E-state index in [2.05, 4.69) is 53.0 Å². The number of rotatable bonds is 11. The van der Waals surface area contributed by atoms with Crippen molar-refractivity contribution in [3.8, 4) is 11.5 Å². The minimum absolute atomic E-state index is 0.691. The number of nitrogens with zero attached hydrogens (tertiary/aromatic N) is 1. The summed E-state index contributed by atoms with van der Waals surface area (Å²) in [6.07, 6.45) is 0.976. The van der Waals surface area contributed by atoms with Crippen molar-refractivity contribution >= 4 is 15.9 Å². The number of halogens is 1. The van der Waals surface area contributed by atoms with Crippen LogP contribution in [-0.2, 0) is 6.54 Å². The van der Waals surface area contributed by atoms with E-state index >= 15 is 0 Å². The van der Waals surface area contributed by atoms with Crippen LogP contribution in [0.2, 0.25) is 0 Å². The fourth-order valence-corrected chi connectivity index (χ4v) is 2.83. The van der Waals surface area contributed by atoms with Gasteiger partial charge in [0.25, 0.3) is 0 Å². The highest BCUT2D eigenvalue weighted by Gasteiger charge is 2.11. The van der Waals surface area contributed by atoms with Gasteiger partial charge in [0.1, 0.15) is 0 Å². The third-order valence-corrected chi connectivity index (χ3v) is 4.16. The van der Waals surface area contributed by atoms with Crippen molar-refractivity contribution in [2.75, 3.05) is 39.9 Å². The number of hydrogen-bond acceptors (Lipinski definition) is 4. The van der Waals surface area contributed by atoms with Crippen molar-refractivity contribution in [2.45, 2.75) is 33.7 Å². The Kier molecular flexibility index (Phi) is 9.52. The standard InChI is InChI=1S/C17H29BrN2O2/c1-5-10-22-17-15(18)11-14(12-16(17)21-4)13-19-8-9-20(6-2)7-3/h11-12,19H,5-10,13H2,1-4H3. The molecule has 1 aromatic carbocycles. The highest BCUT2D eigenvalue weighted by molar-refractivity contribution is 9.10. The number of likely N-dealkylation sites (N-methyl/N-ethyl adjacent to an activating group) is 1. The Morgan fingerprint density at radius 1 is 1.18 bits per heavy atom. The molecule has 5 heteroatoms. The SMILES string of the molecule is CCCOc1c(Br)cc(CNCCN(CC)CC)cc1OC. The van der Waals surface area contributed by atoms with Gasteiger partial charge >= 0.3 is 0 Å². The van der Waals surface area contributed by atoms with Crippen molar-refractivity contribution in [3.63, 3.8) is 0 Å². The van der Waals surface area contributed by atoms with Crippen molar-refractivity contribution < 1.29 is 9.47 Å². The van der Waals surface area contributed by atoms with Gasteiger partial charge in [-0.15, -0.1) is 0 Å². The van der Waals surface area contributed by atoms with Crippen LogP contribution in [-0.4, -0.2) is 44.8 Å². The quantitative estimate of drug-likeness (QED) is 0.600. The molecule has 0 aliphatic carbocycles. The fourth-order valence-electron chi connectivity index (χ4n) is 2.23. The number of ether oxygens (including phenoxy) is 2. The van der Waals surface area contributed by atoms with Gasteiger partial charge in [-0.1, -0.05) is 20.8 Å². The molecule has 22 heavy (non-hydrogen) atoms. The average molecular weight is 373 g/mol. The molecule has 1 aromatic rings. The maximum atomic E-state index is 5.75. The van der Waals surface area contributed by atoms with Crippen molar-refractivity contribution in [1.29, 1.82) is 0 Å². The summed E-state index contributed by atoms with van der Waals surface area (Å²) in [4.78, 5) is 2.41. The Morgan fingerprint density at radius 2 is 1.91 bits per heavy atom. The molecule has 126 valence electrons. The van der Waals surface area contributed by atoms with Gasteiger partial charge < -0.3 is 19.7 Å². The van der Waals surface area contributed by atoms with Gasteiger partial charge in [0.2, 0.25) is 0 Å². The molecule has 4 nitrogen and oxygen atoms in total. The van der Waals surface area contributed by atoms with Gasteiger partial charge in [-0.3, -0.25) is 0 Å².